The maximum Gasteiger partial charge on any atom is 0.332 e. The highest BCUT2D eigenvalue weighted by Gasteiger charge is 2.20. The van der Waals surface area contributed by atoms with E-state index in [0.29, 0.717) is 11.6 Å². The molecule has 1 N–H and O–H groups in total. The van der Waals surface area contributed by atoms with Gasteiger partial charge in [-0.3, -0.25) is 14.2 Å². The van der Waals surface area contributed by atoms with Gasteiger partial charge in [0, 0.05) is 14.1 Å². The highest BCUT2D eigenvalue weighted by molar-refractivity contribution is 5.77. The number of amides is 1. The van der Waals surface area contributed by atoms with Crippen molar-refractivity contribution in [3.05, 3.63) is 63.1 Å². The number of fused-ring (bicyclic) bond motifs is 1. The first-order chi connectivity index (χ1) is 13.3. The van der Waals surface area contributed by atoms with Gasteiger partial charge in [-0.2, -0.15) is 0 Å². The fourth-order valence-electron chi connectivity index (χ4n) is 3.35. The summed E-state index contributed by atoms with van der Waals surface area (Å²) in [7, 11) is 3.22. The first kappa shape index (κ1) is 19.6. The molecule has 0 saturated heterocycles. The van der Waals surface area contributed by atoms with Gasteiger partial charge in [-0.05, 0) is 17.9 Å². The normalized spacial score (nSPS) is 12.5. The zero-order valence-corrected chi connectivity index (χ0v) is 16.5. The first-order valence-electron chi connectivity index (χ1n) is 9.24. The predicted molar refractivity (Wildman–Crippen MR) is 107 cm³/mol. The van der Waals surface area contributed by atoms with E-state index in [1.54, 1.807) is 11.6 Å². The van der Waals surface area contributed by atoms with Crippen molar-refractivity contribution < 1.29 is 4.79 Å². The molecule has 8 nitrogen and oxygen atoms in total. The van der Waals surface area contributed by atoms with Gasteiger partial charge in [0.1, 0.15) is 6.54 Å². The van der Waals surface area contributed by atoms with Crippen LogP contribution < -0.4 is 16.6 Å². The third-order valence-electron chi connectivity index (χ3n) is 4.75. The summed E-state index contributed by atoms with van der Waals surface area (Å²) < 4.78 is 3.79. The Balaban J connectivity index is 1.91. The molecule has 0 unspecified atom stereocenters. The fraction of sp³-hybridized carbons (Fsp3) is 0.400. The van der Waals surface area contributed by atoms with Gasteiger partial charge in [0.15, 0.2) is 11.2 Å². The highest BCUT2D eigenvalue weighted by atomic mass is 16.2. The van der Waals surface area contributed by atoms with E-state index in [0.717, 1.165) is 16.6 Å². The zero-order chi connectivity index (χ0) is 20.4. The van der Waals surface area contributed by atoms with Crippen molar-refractivity contribution >= 4 is 17.1 Å². The van der Waals surface area contributed by atoms with Crippen molar-refractivity contribution in [2.45, 2.75) is 32.9 Å². The van der Waals surface area contributed by atoms with E-state index in [4.69, 9.17) is 0 Å². The van der Waals surface area contributed by atoms with Crippen molar-refractivity contribution in [3.63, 3.8) is 0 Å². The van der Waals surface area contributed by atoms with E-state index < -0.39 is 11.2 Å². The minimum Gasteiger partial charge on any atom is -0.348 e. The van der Waals surface area contributed by atoms with Crippen LogP contribution >= 0.6 is 0 Å². The molecule has 3 rings (SSSR count). The van der Waals surface area contributed by atoms with Crippen LogP contribution in [0.25, 0.3) is 11.2 Å². The van der Waals surface area contributed by atoms with Gasteiger partial charge < -0.3 is 9.88 Å². The van der Waals surface area contributed by atoms with Crippen LogP contribution in [-0.2, 0) is 25.4 Å². The van der Waals surface area contributed by atoms with Crippen molar-refractivity contribution in [2.75, 3.05) is 0 Å². The number of carbonyl (C=O) groups excluding carboxylic acids is 1. The average molecular weight is 383 g/mol. The summed E-state index contributed by atoms with van der Waals surface area (Å²) in [5.74, 6) is -0.0119. The molecule has 0 aliphatic rings. The summed E-state index contributed by atoms with van der Waals surface area (Å²) in [4.78, 5) is 42.1. The molecule has 0 aliphatic heterocycles. The van der Waals surface area contributed by atoms with Gasteiger partial charge in [0.05, 0.1) is 12.4 Å². The second kappa shape index (κ2) is 7.84. The molecule has 1 aromatic carbocycles. The lowest BCUT2D eigenvalue weighted by atomic mass is 9.97. The topological polar surface area (TPSA) is 90.9 Å². The minimum atomic E-state index is -0.563. The summed E-state index contributed by atoms with van der Waals surface area (Å²) in [5.41, 5.74) is 0.500. The van der Waals surface area contributed by atoms with Crippen LogP contribution in [-0.4, -0.2) is 24.6 Å². The number of benzene rings is 1. The summed E-state index contributed by atoms with van der Waals surface area (Å²) in [6.07, 6.45) is 2.23. The molecule has 0 radical (unpaired) electrons. The molecule has 1 atom stereocenters. The summed E-state index contributed by atoms with van der Waals surface area (Å²) in [6.45, 7) is 3.82. The van der Waals surface area contributed by atoms with Crippen LogP contribution in [0, 0.1) is 5.92 Å². The average Bonchev–Trinajstić information content (AvgIpc) is 3.05. The van der Waals surface area contributed by atoms with E-state index in [1.807, 2.05) is 30.3 Å². The Morgan fingerprint density at radius 1 is 1.14 bits per heavy atom. The number of hydrogen-bond acceptors (Lipinski definition) is 4. The number of hydrogen-bond donors (Lipinski definition) is 1. The zero-order valence-electron chi connectivity index (χ0n) is 16.5. The van der Waals surface area contributed by atoms with Gasteiger partial charge in [-0.1, -0.05) is 44.2 Å². The van der Waals surface area contributed by atoms with E-state index >= 15 is 0 Å². The van der Waals surface area contributed by atoms with Crippen molar-refractivity contribution in [1.82, 2.24) is 24.0 Å². The Labute approximate surface area is 162 Å². The second-order valence-corrected chi connectivity index (χ2v) is 7.42. The number of aryl methyl sites for hydroxylation is 2. The molecular weight excluding hydrogens is 358 g/mol. The van der Waals surface area contributed by atoms with Crippen LogP contribution in [0.3, 0.4) is 0 Å². The number of imidazole rings is 1. The monoisotopic (exact) mass is 383 g/mol. The Morgan fingerprint density at radius 3 is 2.46 bits per heavy atom. The molecule has 0 bridgehead atoms. The third-order valence-corrected chi connectivity index (χ3v) is 4.75. The van der Waals surface area contributed by atoms with E-state index in [-0.39, 0.29) is 24.0 Å². The van der Waals surface area contributed by atoms with E-state index in [2.05, 4.69) is 24.1 Å². The minimum absolute atomic E-state index is 0.186. The molecule has 2 heterocycles. The third kappa shape index (κ3) is 3.76. The Kier molecular flexibility index (Phi) is 5.48. The lowest BCUT2D eigenvalue weighted by molar-refractivity contribution is -0.122. The maximum atomic E-state index is 12.8. The van der Waals surface area contributed by atoms with Crippen molar-refractivity contribution in [2.24, 2.45) is 20.0 Å². The molecule has 28 heavy (non-hydrogen) atoms. The lowest BCUT2D eigenvalue weighted by Gasteiger charge is -2.21. The molecule has 148 valence electrons. The highest BCUT2D eigenvalue weighted by Crippen LogP contribution is 2.21. The Hall–Kier alpha value is -3.16. The molecule has 0 aliphatic carbocycles. The number of aromatic nitrogens is 4. The van der Waals surface area contributed by atoms with Crippen LogP contribution in [0.5, 0.6) is 0 Å². The van der Waals surface area contributed by atoms with E-state index in [1.165, 1.54) is 17.9 Å². The molecular formula is C20H25N5O3. The lowest BCUT2D eigenvalue weighted by Crippen LogP contribution is -2.44. The molecule has 0 spiro atoms. The number of nitrogens with one attached hydrogen (secondary N) is 1. The predicted octanol–water partition coefficient (Wildman–Crippen LogP) is 1.34. The van der Waals surface area contributed by atoms with Crippen LogP contribution in [0.4, 0.5) is 0 Å². The van der Waals surface area contributed by atoms with Crippen LogP contribution in [0.2, 0.25) is 0 Å². The second-order valence-electron chi connectivity index (χ2n) is 7.42. The van der Waals surface area contributed by atoms with Gasteiger partial charge in [-0.25, -0.2) is 14.3 Å². The summed E-state index contributed by atoms with van der Waals surface area (Å²) >= 11 is 0. The van der Waals surface area contributed by atoms with Crippen LogP contribution in [0.1, 0.15) is 31.9 Å². The van der Waals surface area contributed by atoms with Crippen molar-refractivity contribution in [1.29, 1.82) is 0 Å². The SMILES string of the molecule is CC(C)C[C@@H](NC(=O)Cn1c(=O)c2c(ncn2C)n(C)c1=O)c1ccccc1. The quantitative estimate of drug-likeness (QED) is 0.695. The molecule has 0 fully saturated rings. The molecule has 8 heteroatoms. The number of nitrogens with zero attached hydrogens (tertiary/aromatic N) is 4. The molecule has 0 saturated carbocycles. The number of carbonyl (C=O) groups is 1. The van der Waals surface area contributed by atoms with Gasteiger partial charge in [0.2, 0.25) is 5.91 Å². The fourth-order valence-corrected chi connectivity index (χ4v) is 3.35. The summed E-state index contributed by atoms with van der Waals surface area (Å²) in [6, 6.07) is 9.50. The van der Waals surface area contributed by atoms with Gasteiger partial charge in [0.25, 0.3) is 5.56 Å². The smallest absolute Gasteiger partial charge is 0.332 e. The van der Waals surface area contributed by atoms with Gasteiger partial charge >= 0.3 is 5.69 Å². The molecule has 2 aromatic heterocycles. The van der Waals surface area contributed by atoms with Crippen LogP contribution in [0.15, 0.2) is 46.2 Å². The standard InChI is InChI=1S/C20H25N5O3/c1-13(2)10-15(14-8-6-5-7-9-14)22-16(26)11-25-19(27)17-18(21-12-23(17)3)24(4)20(25)28/h5-9,12-13,15H,10-11H2,1-4H3,(H,22,26)/t15-/m1/s1. The van der Waals surface area contributed by atoms with Gasteiger partial charge in [-0.15, -0.1) is 0 Å². The largest absolute Gasteiger partial charge is 0.348 e. The first-order valence-corrected chi connectivity index (χ1v) is 9.24. The summed E-state index contributed by atoms with van der Waals surface area (Å²) in [5, 5.41) is 2.97. The molecule has 3 aromatic rings. The Morgan fingerprint density at radius 2 is 1.82 bits per heavy atom. The van der Waals surface area contributed by atoms with E-state index in [9.17, 15) is 14.4 Å². The van der Waals surface area contributed by atoms with Crippen molar-refractivity contribution in [3.8, 4) is 0 Å². The molecule has 1 amide bonds. The maximum absolute atomic E-state index is 12.8. The Bertz CT molecular complexity index is 1110. The number of rotatable bonds is 6.